The lowest BCUT2D eigenvalue weighted by molar-refractivity contribution is 0.162. The van der Waals surface area contributed by atoms with Crippen LogP contribution < -0.4 is 5.73 Å². The summed E-state index contributed by atoms with van der Waals surface area (Å²) in [5, 5.41) is 19.1. The highest BCUT2D eigenvalue weighted by atomic mass is 79.9. The number of rotatable bonds is 2. The molecule has 0 aliphatic heterocycles. The molecule has 0 unspecified atom stereocenters. The molecule has 3 nitrogen and oxygen atoms in total. The molecule has 1 aromatic rings. The van der Waals surface area contributed by atoms with Gasteiger partial charge in [0.2, 0.25) is 0 Å². The van der Waals surface area contributed by atoms with E-state index in [1.54, 1.807) is 26.0 Å². The lowest BCUT2D eigenvalue weighted by atomic mass is 10.00. The van der Waals surface area contributed by atoms with Gasteiger partial charge in [0.15, 0.2) is 0 Å². The van der Waals surface area contributed by atoms with Crippen molar-refractivity contribution in [1.29, 1.82) is 0 Å². The van der Waals surface area contributed by atoms with Crippen LogP contribution >= 0.6 is 15.9 Å². The van der Waals surface area contributed by atoms with E-state index in [1.165, 1.54) is 0 Å². The molecule has 4 heteroatoms. The van der Waals surface area contributed by atoms with Crippen LogP contribution in [0.4, 0.5) is 0 Å². The number of hydrogen-bond donors (Lipinski definition) is 3. The summed E-state index contributed by atoms with van der Waals surface area (Å²) in [6.07, 6.45) is -0.686. The summed E-state index contributed by atoms with van der Waals surface area (Å²) in [7, 11) is 0. The number of aryl methyl sites for hydroxylation is 1. The van der Waals surface area contributed by atoms with Crippen molar-refractivity contribution in [3.8, 4) is 5.75 Å². The van der Waals surface area contributed by atoms with E-state index in [2.05, 4.69) is 15.9 Å². The number of aliphatic hydroxyl groups is 1. The molecule has 0 aromatic heterocycles. The van der Waals surface area contributed by atoms with Gasteiger partial charge in [-0.1, -0.05) is 15.9 Å². The van der Waals surface area contributed by atoms with Crippen molar-refractivity contribution in [2.75, 3.05) is 0 Å². The molecule has 0 spiro atoms. The Morgan fingerprint density at radius 1 is 1.43 bits per heavy atom. The van der Waals surface area contributed by atoms with Crippen molar-refractivity contribution >= 4 is 15.9 Å². The molecule has 0 aliphatic carbocycles. The lowest BCUT2D eigenvalue weighted by Crippen LogP contribution is -2.23. The topological polar surface area (TPSA) is 66.5 Å². The molecule has 0 saturated carbocycles. The summed E-state index contributed by atoms with van der Waals surface area (Å²) in [5.74, 6) is 0.154. The molecule has 1 rings (SSSR count). The number of aromatic hydroxyl groups is 1. The van der Waals surface area contributed by atoms with E-state index < -0.39 is 12.1 Å². The van der Waals surface area contributed by atoms with Crippen molar-refractivity contribution in [1.82, 2.24) is 0 Å². The molecule has 0 radical (unpaired) electrons. The van der Waals surface area contributed by atoms with Gasteiger partial charge in [0, 0.05) is 10.0 Å². The van der Waals surface area contributed by atoms with Gasteiger partial charge in [-0.25, -0.2) is 0 Å². The Hall–Kier alpha value is -0.580. The Labute approximate surface area is 91.7 Å². The minimum atomic E-state index is -0.686. The average molecular weight is 260 g/mol. The maximum atomic E-state index is 9.73. The molecule has 4 N–H and O–H groups in total. The van der Waals surface area contributed by atoms with Crippen molar-refractivity contribution in [2.45, 2.75) is 26.0 Å². The van der Waals surface area contributed by atoms with Gasteiger partial charge in [-0.3, -0.25) is 0 Å². The first-order valence-corrected chi connectivity index (χ1v) is 5.15. The fraction of sp³-hybridized carbons (Fsp3) is 0.400. The zero-order valence-electron chi connectivity index (χ0n) is 8.16. The number of halogens is 1. The molecule has 78 valence electrons. The fourth-order valence-corrected chi connectivity index (χ4v) is 1.87. The third-order valence-electron chi connectivity index (χ3n) is 2.17. The van der Waals surface area contributed by atoms with Crippen molar-refractivity contribution in [3.05, 3.63) is 27.7 Å². The number of aliphatic hydroxyl groups excluding tert-OH is 1. The zero-order valence-corrected chi connectivity index (χ0v) is 9.75. The normalized spacial score (nSPS) is 15.2. The highest BCUT2D eigenvalue weighted by Gasteiger charge is 2.17. The van der Waals surface area contributed by atoms with Crippen LogP contribution in [0.5, 0.6) is 5.75 Å². The fourth-order valence-electron chi connectivity index (χ4n) is 1.28. The SMILES string of the molecule is Cc1cc(Br)cc([C@H](N)[C@@H](C)O)c1O. The molecule has 1 aromatic carbocycles. The van der Waals surface area contributed by atoms with Crippen molar-refractivity contribution in [3.63, 3.8) is 0 Å². The van der Waals surface area contributed by atoms with Crippen LogP contribution in [0.3, 0.4) is 0 Å². The highest BCUT2D eigenvalue weighted by Crippen LogP contribution is 2.31. The van der Waals surface area contributed by atoms with Crippen LogP contribution in [0.2, 0.25) is 0 Å². The number of benzene rings is 1. The summed E-state index contributed by atoms with van der Waals surface area (Å²) in [6, 6.07) is 2.96. The summed E-state index contributed by atoms with van der Waals surface area (Å²) in [5.41, 5.74) is 7.05. The minimum Gasteiger partial charge on any atom is -0.507 e. The number of phenolic OH excluding ortho intramolecular Hbond substituents is 1. The Kier molecular flexibility index (Phi) is 3.53. The van der Waals surface area contributed by atoms with Crippen LogP contribution in [0.1, 0.15) is 24.1 Å². The summed E-state index contributed by atoms with van der Waals surface area (Å²) in [4.78, 5) is 0. The summed E-state index contributed by atoms with van der Waals surface area (Å²) < 4.78 is 0.846. The van der Waals surface area contributed by atoms with E-state index in [4.69, 9.17) is 5.73 Å². The van der Waals surface area contributed by atoms with E-state index in [-0.39, 0.29) is 5.75 Å². The molecule has 0 heterocycles. The predicted molar refractivity (Wildman–Crippen MR) is 59.2 cm³/mol. The van der Waals surface area contributed by atoms with Gasteiger partial charge in [0.25, 0.3) is 0 Å². The lowest BCUT2D eigenvalue weighted by Gasteiger charge is -2.17. The first kappa shape index (κ1) is 11.5. The molecular weight excluding hydrogens is 246 g/mol. The third kappa shape index (κ3) is 2.26. The van der Waals surface area contributed by atoms with Crippen LogP contribution in [-0.2, 0) is 0 Å². The first-order valence-electron chi connectivity index (χ1n) is 4.36. The first-order chi connectivity index (χ1) is 6.43. The second kappa shape index (κ2) is 4.29. The Bertz CT molecular complexity index is 339. The standard InChI is InChI=1S/C10H14BrNO2/c1-5-3-7(11)4-8(10(5)14)9(12)6(2)13/h3-4,6,9,13-14H,12H2,1-2H3/t6-,9-/m1/s1. The molecule has 2 atom stereocenters. The number of phenols is 1. The largest absolute Gasteiger partial charge is 0.507 e. The molecule has 0 saturated heterocycles. The maximum absolute atomic E-state index is 9.73. The molecular formula is C10H14BrNO2. The van der Waals surface area contributed by atoms with Gasteiger partial charge < -0.3 is 15.9 Å². The summed E-state index contributed by atoms with van der Waals surface area (Å²) in [6.45, 7) is 3.39. The van der Waals surface area contributed by atoms with Crippen molar-refractivity contribution in [2.24, 2.45) is 5.73 Å². The van der Waals surface area contributed by atoms with Gasteiger partial charge in [-0.2, -0.15) is 0 Å². The third-order valence-corrected chi connectivity index (χ3v) is 2.63. The molecule has 0 amide bonds. The van der Waals surface area contributed by atoms with Gasteiger partial charge in [-0.05, 0) is 31.5 Å². The van der Waals surface area contributed by atoms with Gasteiger partial charge in [-0.15, -0.1) is 0 Å². The van der Waals surface area contributed by atoms with Crippen LogP contribution in [-0.4, -0.2) is 16.3 Å². The van der Waals surface area contributed by atoms with Gasteiger partial charge >= 0.3 is 0 Å². The van der Waals surface area contributed by atoms with Gasteiger partial charge in [0.1, 0.15) is 5.75 Å². The smallest absolute Gasteiger partial charge is 0.123 e. The molecule has 0 bridgehead atoms. The number of nitrogens with two attached hydrogens (primary N) is 1. The predicted octanol–water partition coefficient (Wildman–Crippen LogP) is 1.84. The monoisotopic (exact) mass is 259 g/mol. The zero-order chi connectivity index (χ0) is 10.9. The molecule has 0 aliphatic rings. The second-order valence-electron chi connectivity index (χ2n) is 3.43. The van der Waals surface area contributed by atoms with E-state index in [0.717, 1.165) is 10.0 Å². The van der Waals surface area contributed by atoms with E-state index in [0.29, 0.717) is 5.56 Å². The summed E-state index contributed by atoms with van der Waals surface area (Å²) >= 11 is 3.32. The Balaban J connectivity index is 3.20. The Morgan fingerprint density at radius 2 is 2.00 bits per heavy atom. The van der Waals surface area contributed by atoms with Gasteiger partial charge in [0.05, 0.1) is 12.1 Å². The van der Waals surface area contributed by atoms with Crippen LogP contribution in [0.15, 0.2) is 16.6 Å². The molecule has 0 fully saturated rings. The van der Waals surface area contributed by atoms with E-state index in [1.807, 2.05) is 0 Å². The average Bonchev–Trinajstić information content (AvgIpc) is 2.09. The van der Waals surface area contributed by atoms with E-state index >= 15 is 0 Å². The maximum Gasteiger partial charge on any atom is 0.123 e. The molecule has 14 heavy (non-hydrogen) atoms. The Morgan fingerprint density at radius 3 is 2.50 bits per heavy atom. The number of hydrogen-bond acceptors (Lipinski definition) is 3. The van der Waals surface area contributed by atoms with Crippen LogP contribution in [0, 0.1) is 6.92 Å². The second-order valence-corrected chi connectivity index (χ2v) is 4.34. The highest BCUT2D eigenvalue weighted by molar-refractivity contribution is 9.10. The van der Waals surface area contributed by atoms with E-state index in [9.17, 15) is 10.2 Å². The minimum absolute atomic E-state index is 0.154. The van der Waals surface area contributed by atoms with Crippen LogP contribution in [0.25, 0.3) is 0 Å². The van der Waals surface area contributed by atoms with Crippen molar-refractivity contribution < 1.29 is 10.2 Å². The quantitative estimate of drug-likeness (QED) is 0.760.